The summed E-state index contributed by atoms with van der Waals surface area (Å²) in [5, 5.41) is 5.97. The molecule has 0 fully saturated rings. The number of nitrogens with zero attached hydrogens (tertiary/aromatic N) is 3. The van der Waals surface area contributed by atoms with Gasteiger partial charge in [0.05, 0.1) is 27.6 Å². The molecule has 3 aromatic heterocycles. The van der Waals surface area contributed by atoms with Crippen LogP contribution in [0.3, 0.4) is 0 Å². The molecule has 4 heterocycles. The Bertz CT molecular complexity index is 2830. The number of hydrogen-bond donors (Lipinski definition) is 0. The first-order valence-electron chi connectivity index (χ1n) is 17.0. The third-order valence-electron chi connectivity index (χ3n) is 10.4. The summed E-state index contributed by atoms with van der Waals surface area (Å²) in [4.78, 5) is 12.0. The van der Waals surface area contributed by atoms with Crippen molar-refractivity contribution in [2.45, 2.75) is 28.9 Å². The lowest BCUT2D eigenvalue weighted by Gasteiger charge is -2.15. The lowest BCUT2D eigenvalue weighted by atomic mass is 9.90. The highest BCUT2D eigenvalue weighted by molar-refractivity contribution is 8.00. The van der Waals surface area contributed by atoms with E-state index in [9.17, 15) is 0 Å². The second kappa shape index (κ2) is 10.4. The van der Waals surface area contributed by atoms with Crippen molar-refractivity contribution in [1.29, 1.82) is 0 Å². The lowest BCUT2D eigenvalue weighted by Crippen LogP contribution is -2.06. The van der Waals surface area contributed by atoms with Gasteiger partial charge in [-0.25, -0.2) is 9.97 Å². The summed E-state index contributed by atoms with van der Waals surface area (Å²) in [5.74, 6) is 1.08. The molecule has 3 aliphatic rings. The van der Waals surface area contributed by atoms with E-state index in [0.29, 0.717) is 17.1 Å². The average molecular weight is 648 g/mol. The van der Waals surface area contributed by atoms with Gasteiger partial charge in [0, 0.05) is 37.6 Å². The van der Waals surface area contributed by atoms with Crippen LogP contribution >= 0.6 is 11.8 Å². The number of para-hydroxylation sites is 2. The molecule has 2 aliphatic carbocycles. The van der Waals surface area contributed by atoms with Crippen LogP contribution in [0, 0.1) is 0 Å². The fraction of sp³-hybridized carbons (Fsp3) is 0.0909. The third-order valence-corrected chi connectivity index (χ3v) is 11.9. The monoisotopic (exact) mass is 647 g/mol. The van der Waals surface area contributed by atoms with Crippen molar-refractivity contribution < 1.29 is 4.42 Å². The molecule has 0 spiro atoms. The number of aromatic nitrogens is 3. The Morgan fingerprint density at radius 2 is 1.61 bits per heavy atom. The molecule has 0 saturated heterocycles. The van der Waals surface area contributed by atoms with Crippen LogP contribution in [0.5, 0.6) is 0 Å². The first kappa shape index (κ1) is 27.3. The maximum atomic E-state index is 6.65. The molecule has 0 amide bonds. The van der Waals surface area contributed by atoms with Gasteiger partial charge in [-0.2, -0.15) is 0 Å². The van der Waals surface area contributed by atoms with E-state index < -0.39 is 0 Å². The molecule has 1 aliphatic heterocycles. The van der Waals surface area contributed by atoms with Crippen molar-refractivity contribution >= 4 is 72.0 Å². The zero-order valence-electron chi connectivity index (χ0n) is 26.5. The molecule has 8 aromatic rings. The topological polar surface area (TPSA) is 43.9 Å². The van der Waals surface area contributed by atoms with Crippen molar-refractivity contribution in [2.75, 3.05) is 0 Å². The molecule has 232 valence electrons. The summed E-state index contributed by atoms with van der Waals surface area (Å²) >= 11 is 1.98. The molecule has 49 heavy (non-hydrogen) atoms. The molecule has 0 N–H and O–H groups in total. The van der Waals surface area contributed by atoms with Crippen molar-refractivity contribution in [3.05, 3.63) is 151 Å². The molecule has 4 nitrogen and oxygen atoms in total. The van der Waals surface area contributed by atoms with Crippen molar-refractivity contribution in [3.63, 3.8) is 0 Å². The summed E-state index contributed by atoms with van der Waals surface area (Å²) in [6, 6.07) is 34.8. The minimum absolute atomic E-state index is 0.412. The Hall–Kier alpha value is -5.65. The smallest absolute Gasteiger partial charge is 0.235 e. The van der Waals surface area contributed by atoms with Crippen LogP contribution in [0.4, 0.5) is 0 Å². The molecule has 0 radical (unpaired) electrons. The van der Waals surface area contributed by atoms with E-state index in [1.165, 1.54) is 27.2 Å². The summed E-state index contributed by atoms with van der Waals surface area (Å²) < 4.78 is 8.92. The SMILES string of the molecule is C1=CCCC(c2nc(-n3c4cc(-c5cccc6c5SC5C=CC=CC65)ccc4c4c5oc6ccccc6c5ccc43)nc3ccccc23)=C1. The first-order valence-corrected chi connectivity index (χ1v) is 17.8. The summed E-state index contributed by atoms with van der Waals surface area (Å²) in [5.41, 5.74) is 10.9. The van der Waals surface area contributed by atoms with Crippen LogP contribution in [0.15, 0.2) is 149 Å². The number of fused-ring (bicyclic) bond motifs is 11. The molecule has 5 heteroatoms. The van der Waals surface area contributed by atoms with Gasteiger partial charge in [-0.1, -0.05) is 109 Å². The van der Waals surface area contributed by atoms with E-state index >= 15 is 0 Å². The number of rotatable bonds is 3. The summed E-state index contributed by atoms with van der Waals surface area (Å²) in [6.07, 6.45) is 17.6. The molecule has 2 unspecified atom stereocenters. The molecular formula is C44H29N3OS. The Balaban J connectivity index is 1.23. The van der Waals surface area contributed by atoms with Crippen molar-refractivity contribution in [3.8, 4) is 17.1 Å². The quantitative estimate of drug-likeness (QED) is 0.191. The minimum atomic E-state index is 0.412. The highest BCUT2D eigenvalue weighted by Crippen LogP contribution is 2.52. The zero-order valence-corrected chi connectivity index (χ0v) is 27.3. The highest BCUT2D eigenvalue weighted by atomic mass is 32.2. The number of hydrogen-bond acceptors (Lipinski definition) is 4. The van der Waals surface area contributed by atoms with Crippen LogP contribution in [-0.4, -0.2) is 19.8 Å². The maximum absolute atomic E-state index is 6.65. The van der Waals surface area contributed by atoms with Crippen LogP contribution in [0.1, 0.15) is 30.0 Å². The summed E-state index contributed by atoms with van der Waals surface area (Å²) in [7, 11) is 0. The predicted molar refractivity (Wildman–Crippen MR) is 204 cm³/mol. The van der Waals surface area contributed by atoms with Gasteiger partial charge in [0.15, 0.2) is 0 Å². The highest BCUT2D eigenvalue weighted by Gasteiger charge is 2.33. The number of thioether (sulfide) groups is 1. The normalized spacial score (nSPS) is 18.2. The second-order valence-electron chi connectivity index (χ2n) is 13.2. The second-order valence-corrected chi connectivity index (χ2v) is 14.3. The number of allylic oxidation sites excluding steroid dienone is 7. The van der Waals surface area contributed by atoms with E-state index in [2.05, 4.69) is 138 Å². The van der Waals surface area contributed by atoms with E-state index in [0.717, 1.165) is 73.2 Å². The van der Waals surface area contributed by atoms with Crippen LogP contribution in [-0.2, 0) is 0 Å². The standard InChI is InChI=1S/C44H29N3OS/c1-2-11-26(12-3-1)41-33-15-4-7-18-35(33)45-44(46-41)47-36-24-23-31-29-13-5-8-19-38(29)48-42(31)40(36)34-22-21-27(25-37(34)47)28-16-10-17-32-30-14-6-9-20-39(30)49-43(28)32/h1-2,4-11,13-25,30,39H,3,12H2. The van der Waals surface area contributed by atoms with Gasteiger partial charge in [0.2, 0.25) is 5.95 Å². The van der Waals surface area contributed by atoms with Crippen LogP contribution < -0.4 is 0 Å². The van der Waals surface area contributed by atoms with Crippen LogP contribution in [0.2, 0.25) is 0 Å². The average Bonchev–Trinajstić information content (AvgIpc) is 3.84. The Morgan fingerprint density at radius 1 is 0.735 bits per heavy atom. The largest absolute Gasteiger partial charge is 0.455 e. The van der Waals surface area contributed by atoms with E-state index in [4.69, 9.17) is 14.4 Å². The fourth-order valence-electron chi connectivity index (χ4n) is 8.17. The predicted octanol–water partition coefficient (Wildman–Crippen LogP) is 11.7. The Morgan fingerprint density at radius 3 is 2.55 bits per heavy atom. The van der Waals surface area contributed by atoms with Gasteiger partial charge in [-0.3, -0.25) is 4.57 Å². The third kappa shape index (κ3) is 4.00. The van der Waals surface area contributed by atoms with Gasteiger partial charge in [-0.05, 0) is 65.4 Å². The fourth-order valence-corrected chi connectivity index (χ4v) is 9.65. The van der Waals surface area contributed by atoms with Crippen LogP contribution in [0.25, 0.3) is 77.3 Å². The van der Waals surface area contributed by atoms with Crippen molar-refractivity contribution in [2.24, 2.45) is 0 Å². The van der Waals surface area contributed by atoms with Gasteiger partial charge in [0.1, 0.15) is 11.2 Å². The Labute approximate surface area is 286 Å². The molecule has 2 atom stereocenters. The zero-order chi connectivity index (χ0) is 32.1. The maximum Gasteiger partial charge on any atom is 0.235 e. The van der Waals surface area contributed by atoms with E-state index in [1.54, 1.807) is 0 Å². The van der Waals surface area contributed by atoms with E-state index in [1.807, 2.05) is 17.8 Å². The molecule has 0 bridgehead atoms. The number of benzene rings is 5. The minimum Gasteiger partial charge on any atom is -0.455 e. The molecule has 5 aromatic carbocycles. The van der Waals surface area contributed by atoms with Crippen molar-refractivity contribution in [1.82, 2.24) is 14.5 Å². The summed E-state index contributed by atoms with van der Waals surface area (Å²) in [6.45, 7) is 0. The molecule has 11 rings (SSSR count). The number of furan rings is 1. The first-order chi connectivity index (χ1) is 24.3. The molecular weight excluding hydrogens is 619 g/mol. The van der Waals surface area contributed by atoms with Gasteiger partial charge < -0.3 is 4.42 Å². The lowest BCUT2D eigenvalue weighted by molar-refractivity contribution is 0.673. The van der Waals surface area contributed by atoms with Gasteiger partial charge in [-0.15, -0.1) is 11.8 Å². The molecule has 0 saturated carbocycles. The van der Waals surface area contributed by atoms with Gasteiger partial charge >= 0.3 is 0 Å². The van der Waals surface area contributed by atoms with Gasteiger partial charge in [0.25, 0.3) is 0 Å². The Kier molecular flexibility index (Phi) is 5.81. The van der Waals surface area contributed by atoms with E-state index in [-0.39, 0.29) is 0 Å².